The van der Waals surface area contributed by atoms with Crippen LogP contribution in [0.5, 0.6) is 0 Å². The van der Waals surface area contributed by atoms with Gasteiger partial charge < -0.3 is 9.64 Å². The first-order valence-corrected chi connectivity index (χ1v) is 10.8. The number of pyridine rings is 1. The Morgan fingerprint density at radius 1 is 1.17 bits per heavy atom. The first-order chi connectivity index (χ1) is 14.2. The van der Waals surface area contributed by atoms with Crippen LogP contribution >= 0.6 is 0 Å². The van der Waals surface area contributed by atoms with E-state index in [9.17, 15) is 4.79 Å². The summed E-state index contributed by atoms with van der Waals surface area (Å²) in [7, 11) is 0. The van der Waals surface area contributed by atoms with Crippen LogP contribution in [0.25, 0.3) is 0 Å². The molecule has 1 saturated heterocycles. The number of hydrogen-bond donors (Lipinski definition) is 0. The van der Waals surface area contributed by atoms with Crippen LogP contribution in [0.15, 0.2) is 42.6 Å². The fraction of sp³-hybridized carbons (Fsp3) is 0.500. The Morgan fingerprint density at radius 2 is 1.97 bits per heavy atom. The van der Waals surface area contributed by atoms with Gasteiger partial charge in [-0.1, -0.05) is 30.3 Å². The van der Waals surface area contributed by atoms with Crippen molar-refractivity contribution in [1.29, 1.82) is 0 Å². The van der Waals surface area contributed by atoms with Crippen molar-refractivity contribution < 1.29 is 9.53 Å². The summed E-state index contributed by atoms with van der Waals surface area (Å²) in [5.41, 5.74) is 4.46. The van der Waals surface area contributed by atoms with Crippen molar-refractivity contribution in [2.75, 3.05) is 32.8 Å². The average molecular weight is 394 g/mol. The maximum absolute atomic E-state index is 13.3. The van der Waals surface area contributed by atoms with E-state index in [-0.39, 0.29) is 11.9 Å². The highest BCUT2D eigenvalue weighted by molar-refractivity contribution is 5.93. The SMILES string of the molecule is Cc1cccnc1C(=O)N(CCCN1CCc2ccccc2C1)C1CCOCC1. The Kier molecular flexibility index (Phi) is 6.57. The van der Waals surface area contributed by atoms with E-state index in [0.29, 0.717) is 5.69 Å². The Morgan fingerprint density at radius 3 is 2.76 bits per heavy atom. The molecule has 0 bridgehead atoms. The van der Waals surface area contributed by atoms with E-state index >= 15 is 0 Å². The van der Waals surface area contributed by atoms with Gasteiger partial charge in [-0.3, -0.25) is 14.7 Å². The minimum atomic E-state index is 0.0685. The largest absolute Gasteiger partial charge is 0.381 e. The average Bonchev–Trinajstić information content (AvgIpc) is 2.77. The van der Waals surface area contributed by atoms with Gasteiger partial charge in [-0.05, 0) is 55.4 Å². The summed E-state index contributed by atoms with van der Waals surface area (Å²) in [5.74, 6) is 0.0685. The maximum atomic E-state index is 13.3. The van der Waals surface area contributed by atoms with Crippen LogP contribution in [0.4, 0.5) is 0 Å². The number of fused-ring (bicyclic) bond motifs is 1. The van der Waals surface area contributed by atoms with Crippen LogP contribution < -0.4 is 0 Å². The molecule has 3 heterocycles. The molecular weight excluding hydrogens is 362 g/mol. The van der Waals surface area contributed by atoms with Gasteiger partial charge in [0.25, 0.3) is 5.91 Å². The Bertz CT molecular complexity index is 832. The third kappa shape index (κ3) is 4.85. The number of aromatic nitrogens is 1. The van der Waals surface area contributed by atoms with Crippen molar-refractivity contribution in [2.24, 2.45) is 0 Å². The van der Waals surface area contributed by atoms with Crippen molar-refractivity contribution in [2.45, 2.75) is 45.2 Å². The molecular formula is C24H31N3O2. The molecule has 2 aliphatic heterocycles. The van der Waals surface area contributed by atoms with E-state index < -0.39 is 0 Å². The number of carbonyl (C=O) groups excluding carboxylic acids is 1. The molecule has 1 aromatic heterocycles. The number of nitrogens with zero attached hydrogens (tertiary/aromatic N) is 3. The second-order valence-electron chi connectivity index (χ2n) is 8.16. The highest BCUT2D eigenvalue weighted by Gasteiger charge is 2.28. The molecule has 0 aliphatic carbocycles. The van der Waals surface area contributed by atoms with Crippen molar-refractivity contribution in [3.8, 4) is 0 Å². The fourth-order valence-electron chi connectivity index (χ4n) is 4.50. The molecule has 154 valence electrons. The number of amides is 1. The van der Waals surface area contributed by atoms with Gasteiger partial charge in [-0.25, -0.2) is 0 Å². The van der Waals surface area contributed by atoms with Gasteiger partial charge >= 0.3 is 0 Å². The van der Waals surface area contributed by atoms with Crippen LogP contribution in [-0.4, -0.2) is 59.6 Å². The van der Waals surface area contributed by atoms with Crippen LogP contribution in [0.2, 0.25) is 0 Å². The minimum Gasteiger partial charge on any atom is -0.381 e. The van der Waals surface area contributed by atoms with E-state index in [2.05, 4.69) is 39.0 Å². The number of benzene rings is 1. The van der Waals surface area contributed by atoms with E-state index in [0.717, 1.165) is 70.6 Å². The predicted octanol–water partition coefficient (Wildman–Crippen LogP) is 3.46. The Balaban J connectivity index is 1.39. The molecule has 0 atom stereocenters. The first kappa shape index (κ1) is 20.0. The van der Waals surface area contributed by atoms with Gasteiger partial charge in [0.15, 0.2) is 0 Å². The highest BCUT2D eigenvalue weighted by Crippen LogP contribution is 2.21. The lowest BCUT2D eigenvalue weighted by Crippen LogP contribution is -2.45. The number of ether oxygens (including phenoxy) is 1. The topological polar surface area (TPSA) is 45.7 Å². The Hall–Kier alpha value is -2.24. The summed E-state index contributed by atoms with van der Waals surface area (Å²) in [6.07, 6.45) is 5.64. The number of hydrogen-bond acceptors (Lipinski definition) is 4. The number of carbonyl (C=O) groups is 1. The summed E-state index contributed by atoms with van der Waals surface area (Å²) in [6.45, 7) is 7.34. The Labute approximate surface area is 173 Å². The lowest BCUT2D eigenvalue weighted by molar-refractivity contribution is 0.0275. The van der Waals surface area contributed by atoms with Crippen molar-refractivity contribution in [3.05, 3.63) is 65.0 Å². The first-order valence-electron chi connectivity index (χ1n) is 10.8. The van der Waals surface area contributed by atoms with Gasteiger partial charge in [0, 0.05) is 51.6 Å². The normalized spacial score (nSPS) is 17.7. The zero-order valence-electron chi connectivity index (χ0n) is 17.3. The van der Waals surface area contributed by atoms with Crippen molar-refractivity contribution in [1.82, 2.24) is 14.8 Å². The third-order valence-corrected chi connectivity index (χ3v) is 6.19. The quantitative estimate of drug-likeness (QED) is 0.754. The van der Waals surface area contributed by atoms with Gasteiger partial charge in [-0.2, -0.15) is 0 Å². The van der Waals surface area contributed by atoms with Gasteiger partial charge in [-0.15, -0.1) is 0 Å². The molecule has 4 rings (SSSR count). The molecule has 2 aromatic rings. The zero-order valence-corrected chi connectivity index (χ0v) is 17.3. The summed E-state index contributed by atoms with van der Waals surface area (Å²) >= 11 is 0. The monoisotopic (exact) mass is 393 g/mol. The molecule has 0 N–H and O–H groups in total. The number of rotatable bonds is 6. The van der Waals surface area contributed by atoms with Crippen molar-refractivity contribution in [3.63, 3.8) is 0 Å². The molecule has 5 heteroatoms. The van der Waals surface area contributed by atoms with E-state index in [1.807, 2.05) is 19.1 Å². The molecule has 0 unspecified atom stereocenters. The summed E-state index contributed by atoms with van der Waals surface area (Å²) in [5, 5.41) is 0. The van der Waals surface area contributed by atoms with Gasteiger partial charge in [0.05, 0.1) is 0 Å². The molecule has 0 radical (unpaired) electrons. The maximum Gasteiger partial charge on any atom is 0.272 e. The van der Waals surface area contributed by atoms with Crippen molar-refractivity contribution >= 4 is 5.91 Å². The zero-order chi connectivity index (χ0) is 20.1. The molecule has 5 nitrogen and oxygen atoms in total. The standard InChI is InChI=1S/C24H31N3O2/c1-19-6-4-12-25-23(19)24(28)27(22-10-16-29-17-11-22)14-5-13-26-15-9-20-7-2-3-8-21(20)18-26/h2-4,6-8,12,22H,5,9-11,13-18H2,1H3. The highest BCUT2D eigenvalue weighted by atomic mass is 16.5. The summed E-state index contributed by atoms with van der Waals surface area (Å²) < 4.78 is 5.53. The summed E-state index contributed by atoms with van der Waals surface area (Å²) in [4.78, 5) is 22.3. The molecule has 0 spiro atoms. The van der Waals surface area contributed by atoms with Gasteiger partial charge in [0.1, 0.15) is 5.69 Å². The van der Waals surface area contributed by atoms with E-state index in [4.69, 9.17) is 4.74 Å². The van der Waals surface area contributed by atoms with Crippen LogP contribution in [0.3, 0.4) is 0 Å². The van der Waals surface area contributed by atoms with Crippen LogP contribution in [-0.2, 0) is 17.7 Å². The third-order valence-electron chi connectivity index (χ3n) is 6.19. The van der Waals surface area contributed by atoms with Gasteiger partial charge in [0.2, 0.25) is 0 Å². The van der Waals surface area contributed by atoms with E-state index in [1.54, 1.807) is 6.20 Å². The smallest absolute Gasteiger partial charge is 0.272 e. The summed E-state index contributed by atoms with van der Waals surface area (Å²) in [6, 6.07) is 12.8. The molecule has 29 heavy (non-hydrogen) atoms. The minimum absolute atomic E-state index is 0.0685. The number of aryl methyl sites for hydroxylation is 1. The predicted molar refractivity (Wildman–Crippen MR) is 114 cm³/mol. The fourth-order valence-corrected chi connectivity index (χ4v) is 4.50. The van der Waals surface area contributed by atoms with Crippen LogP contribution in [0, 0.1) is 6.92 Å². The molecule has 1 aromatic carbocycles. The molecule has 0 saturated carbocycles. The lowest BCUT2D eigenvalue weighted by atomic mass is 10.00. The molecule has 2 aliphatic rings. The second kappa shape index (κ2) is 9.51. The van der Waals surface area contributed by atoms with E-state index in [1.165, 1.54) is 11.1 Å². The molecule has 1 fully saturated rings. The van der Waals surface area contributed by atoms with Crippen LogP contribution in [0.1, 0.15) is 46.4 Å². The lowest BCUT2D eigenvalue weighted by Gasteiger charge is -2.35. The second-order valence-corrected chi connectivity index (χ2v) is 8.16. The molecule has 1 amide bonds.